The Labute approximate surface area is 156 Å². The van der Waals surface area contributed by atoms with Gasteiger partial charge in [-0.1, -0.05) is 5.16 Å². The number of ether oxygens (including phenoxy) is 1. The smallest absolute Gasteiger partial charge is 0.267 e. The summed E-state index contributed by atoms with van der Waals surface area (Å²) < 4.78 is 40.1. The first kappa shape index (κ1) is 18.3. The number of hydrogen-bond donors (Lipinski definition) is 1. The summed E-state index contributed by atoms with van der Waals surface area (Å²) >= 11 is 0. The summed E-state index contributed by atoms with van der Waals surface area (Å²) in [6, 6.07) is 0.523. The molecule has 2 aliphatic rings. The predicted octanol–water partition coefficient (Wildman–Crippen LogP) is 0.645. The zero-order valence-corrected chi connectivity index (χ0v) is 16.1. The van der Waals surface area contributed by atoms with E-state index in [1.54, 1.807) is 19.9 Å². The lowest BCUT2D eigenvalue weighted by molar-refractivity contribution is 0.181. The number of hydrogen-bond acceptors (Lipinski definition) is 7. The molecule has 0 amide bonds. The van der Waals surface area contributed by atoms with Gasteiger partial charge in [-0.2, -0.15) is 5.10 Å². The highest BCUT2D eigenvalue weighted by Crippen LogP contribution is 2.24. The summed E-state index contributed by atoms with van der Waals surface area (Å²) in [7, 11) is -3.86. The molecule has 1 N–H and O–H groups in total. The van der Waals surface area contributed by atoms with Gasteiger partial charge in [0.25, 0.3) is 5.56 Å². The second-order valence-corrected chi connectivity index (χ2v) is 8.74. The van der Waals surface area contributed by atoms with Crippen LogP contribution in [0, 0.1) is 13.8 Å². The fraction of sp³-hybridized carbons (Fsp3) is 0.588. The summed E-state index contributed by atoms with van der Waals surface area (Å²) in [5.74, 6) is 0.222. The molecule has 1 fully saturated rings. The quantitative estimate of drug-likeness (QED) is 0.809. The van der Waals surface area contributed by atoms with Gasteiger partial charge in [0.15, 0.2) is 5.76 Å². The van der Waals surface area contributed by atoms with E-state index in [4.69, 9.17) is 9.26 Å². The zero-order valence-electron chi connectivity index (χ0n) is 15.3. The van der Waals surface area contributed by atoms with E-state index in [1.165, 1.54) is 4.68 Å². The Morgan fingerprint density at radius 1 is 1.22 bits per heavy atom. The van der Waals surface area contributed by atoms with Gasteiger partial charge in [0, 0.05) is 6.07 Å². The van der Waals surface area contributed by atoms with Crippen LogP contribution >= 0.6 is 0 Å². The van der Waals surface area contributed by atoms with Gasteiger partial charge in [0.05, 0.1) is 31.0 Å². The van der Waals surface area contributed by atoms with Crippen molar-refractivity contribution in [2.45, 2.75) is 56.5 Å². The van der Waals surface area contributed by atoms with Crippen LogP contribution in [0.3, 0.4) is 0 Å². The molecule has 2 atom stereocenters. The first-order chi connectivity index (χ1) is 12.9. The molecule has 2 aromatic heterocycles. The van der Waals surface area contributed by atoms with Crippen LogP contribution in [0.25, 0.3) is 0 Å². The van der Waals surface area contributed by atoms with Crippen molar-refractivity contribution in [3.05, 3.63) is 39.1 Å². The molecule has 0 spiro atoms. The standard InChI is InChI=1S/C17H22N4O5S/c1-10-17(11(2)26-19-10)27(23,24)20-14-8-25-9-15(14)21-16(22)7-12-5-3-4-6-13(12)18-21/h7,14-15,20H,3-6,8-9H2,1-2H3. The molecule has 4 rings (SSSR count). The largest absolute Gasteiger partial charge is 0.377 e. The molecule has 0 aromatic carbocycles. The van der Waals surface area contributed by atoms with Crippen LogP contribution in [0.4, 0.5) is 0 Å². The van der Waals surface area contributed by atoms with Crippen LogP contribution in [0.1, 0.15) is 41.6 Å². The molecule has 0 radical (unpaired) electrons. The molecule has 1 saturated heterocycles. The maximum atomic E-state index is 12.8. The van der Waals surface area contributed by atoms with Gasteiger partial charge in [-0.15, -0.1) is 0 Å². The lowest BCUT2D eigenvalue weighted by atomic mass is 9.97. The first-order valence-corrected chi connectivity index (χ1v) is 10.5. The predicted molar refractivity (Wildman–Crippen MR) is 95.1 cm³/mol. The number of nitrogens with zero attached hydrogens (tertiary/aromatic N) is 3. The summed E-state index contributed by atoms with van der Waals surface area (Å²) in [6.07, 6.45) is 3.80. The monoisotopic (exact) mass is 394 g/mol. The molecule has 2 unspecified atom stereocenters. The number of aryl methyl sites for hydroxylation is 4. The van der Waals surface area contributed by atoms with Crippen LogP contribution < -0.4 is 10.3 Å². The lowest BCUT2D eigenvalue weighted by Gasteiger charge is -2.22. The molecular formula is C17H22N4O5S. The van der Waals surface area contributed by atoms with Crippen molar-refractivity contribution in [1.82, 2.24) is 19.7 Å². The highest BCUT2D eigenvalue weighted by atomic mass is 32.2. The van der Waals surface area contributed by atoms with Crippen molar-refractivity contribution in [3.63, 3.8) is 0 Å². The van der Waals surface area contributed by atoms with Gasteiger partial charge in [0.2, 0.25) is 10.0 Å². The molecule has 27 heavy (non-hydrogen) atoms. The van der Waals surface area contributed by atoms with E-state index in [9.17, 15) is 13.2 Å². The lowest BCUT2D eigenvalue weighted by Crippen LogP contribution is -2.44. The van der Waals surface area contributed by atoms with E-state index in [0.717, 1.165) is 36.9 Å². The molecule has 146 valence electrons. The Balaban J connectivity index is 1.65. The minimum absolute atomic E-state index is 0.0268. The Morgan fingerprint density at radius 3 is 2.74 bits per heavy atom. The average molecular weight is 394 g/mol. The Kier molecular flexibility index (Phi) is 4.65. The molecule has 0 saturated carbocycles. The third kappa shape index (κ3) is 3.32. The maximum Gasteiger partial charge on any atom is 0.267 e. The number of aromatic nitrogens is 3. The van der Waals surface area contributed by atoms with Crippen molar-refractivity contribution in [2.24, 2.45) is 0 Å². The third-order valence-electron chi connectivity index (χ3n) is 5.14. The topological polar surface area (TPSA) is 116 Å². The van der Waals surface area contributed by atoms with Crippen LogP contribution in [-0.4, -0.2) is 42.6 Å². The van der Waals surface area contributed by atoms with Crippen molar-refractivity contribution in [2.75, 3.05) is 13.2 Å². The first-order valence-electron chi connectivity index (χ1n) is 9.01. The van der Waals surface area contributed by atoms with Gasteiger partial charge < -0.3 is 9.26 Å². The van der Waals surface area contributed by atoms with E-state index < -0.39 is 22.1 Å². The Bertz CT molecular complexity index is 1010. The Hall–Kier alpha value is -2.04. The van der Waals surface area contributed by atoms with Gasteiger partial charge in [-0.25, -0.2) is 17.8 Å². The molecule has 1 aliphatic carbocycles. The highest BCUT2D eigenvalue weighted by Gasteiger charge is 2.37. The van der Waals surface area contributed by atoms with Crippen LogP contribution in [0.2, 0.25) is 0 Å². The molecular weight excluding hydrogens is 372 g/mol. The Morgan fingerprint density at radius 2 is 2.00 bits per heavy atom. The zero-order chi connectivity index (χ0) is 19.2. The number of sulfonamides is 1. The van der Waals surface area contributed by atoms with E-state index in [-0.39, 0.29) is 29.4 Å². The SMILES string of the molecule is Cc1noc(C)c1S(=O)(=O)NC1COCC1n1nc2c(cc1=O)CCCC2. The fourth-order valence-corrected chi connectivity index (χ4v) is 5.41. The van der Waals surface area contributed by atoms with Gasteiger partial charge in [-0.3, -0.25) is 4.79 Å². The van der Waals surface area contributed by atoms with Crippen molar-refractivity contribution in [3.8, 4) is 0 Å². The summed E-state index contributed by atoms with van der Waals surface area (Å²) in [6.45, 7) is 3.51. The number of nitrogens with one attached hydrogen (secondary N) is 1. The minimum atomic E-state index is -3.86. The van der Waals surface area contributed by atoms with Crippen molar-refractivity contribution in [1.29, 1.82) is 0 Å². The summed E-state index contributed by atoms with van der Waals surface area (Å²) in [5, 5.41) is 8.23. The number of rotatable bonds is 4. The van der Waals surface area contributed by atoms with Crippen molar-refractivity contribution < 1.29 is 17.7 Å². The fourth-order valence-electron chi connectivity index (χ4n) is 3.83. The molecule has 1 aliphatic heterocycles. The van der Waals surface area contributed by atoms with Gasteiger partial charge in [-0.05, 0) is 45.1 Å². The summed E-state index contributed by atoms with van der Waals surface area (Å²) in [4.78, 5) is 12.6. The van der Waals surface area contributed by atoms with E-state index >= 15 is 0 Å². The maximum absolute atomic E-state index is 12.8. The van der Waals surface area contributed by atoms with Gasteiger partial charge >= 0.3 is 0 Å². The van der Waals surface area contributed by atoms with Crippen LogP contribution in [0.5, 0.6) is 0 Å². The molecule has 0 bridgehead atoms. The van der Waals surface area contributed by atoms with E-state index in [1.807, 2.05) is 0 Å². The number of fused-ring (bicyclic) bond motifs is 1. The van der Waals surface area contributed by atoms with Crippen LogP contribution in [-0.2, 0) is 27.6 Å². The molecule has 10 heteroatoms. The van der Waals surface area contributed by atoms with Crippen LogP contribution in [0.15, 0.2) is 20.3 Å². The van der Waals surface area contributed by atoms with Crippen molar-refractivity contribution >= 4 is 10.0 Å². The summed E-state index contributed by atoms with van der Waals surface area (Å²) in [5.41, 5.74) is 1.97. The highest BCUT2D eigenvalue weighted by molar-refractivity contribution is 7.89. The van der Waals surface area contributed by atoms with E-state index in [0.29, 0.717) is 5.69 Å². The molecule has 9 nitrogen and oxygen atoms in total. The second-order valence-electron chi connectivity index (χ2n) is 7.09. The second kappa shape index (κ2) is 6.84. The average Bonchev–Trinajstić information content (AvgIpc) is 3.20. The van der Waals surface area contributed by atoms with E-state index in [2.05, 4.69) is 15.0 Å². The normalized spacial score (nSPS) is 22.7. The third-order valence-corrected chi connectivity index (χ3v) is 6.87. The molecule has 3 heterocycles. The minimum Gasteiger partial charge on any atom is -0.377 e. The molecule has 2 aromatic rings. The van der Waals surface area contributed by atoms with Gasteiger partial charge in [0.1, 0.15) is 10.6 Å².